The standard InChI is InChI=1S/C14H12F2N2O3/c15-11-4-5-13(18(19)20)10(6-11)8-21-14-9(7-17)2-1-3-12(14)16/h1-6H,7-8,17H2. The van der Waals surface area contributed by atoms with Crippen LogP contribution in [0.2, 0.25) is 0 Å². The molecule has 2 N–H and O–H groups in total. The van der Waals surface area contributed by atoms with Gasteiger partial charge in [0.2, 0.25) is 0 Å². The second-order valence-electron chi connectivity index (χ2n) is 4.25. The lowest BCUT2D eigenvalue weighted by atomic mass is 10.1. The zero-order chi connectivity index (χ0) is 15.4. The van der Waals surface area contributed by atoms with Gasteiger partial charge in [-0.25, -0.2) is 8.78 Å². The molecule has 2 aromatic carbocycles. The van der Waals surface area contributed by atoms with Gasteiger partial charge in [-0.3, -0.25) is 10.1 Å². The number of para-hydroxylation sites is 1. The van der Waals surface area contributed by atoms with Gasteiger partial charge < -0.3 is 10.5 Å². The second-order valence-corrected chi connectivity index (χ2v) is 4.25. The van der Waals surface area contributed by atoms with Gasteiger partial charge in [0.25, 0.3) is 5.69 Å². The number of ether oxygens (including phenoxy) is 1. The van der Waals surface area contributed by atoms with Crippen LogP contribution in [-0.4, -0.2) is 4.92 Å². The fourth-order valence-corrected chi connectivity index (χ4v) is 1.87. The fraction of sp³-hybridized carbons (Fsp3) is 0.143. The van der Waals surface area contributed by atoms with Crippen molar-refractivity contribution in [3.63, 3.8) is 0 Å². The van der Waals surface area contributed by atoms with Crippen molar-refractivity contribution in [3.8, 4) is 5.75 Å². The highest BCUT2D eigenvalue weighted by molar-refractivity contribution is 5.41. The van der Waals surface area contributed by atoms with Gasteiger partial charge in [-0.2, -0.15) is 0 Å². The van der Waals surface area contributed by atoms with E-state index in [0.717, 1.165) is 18.2 Å². The molecule has 7 heteroatoms. The number of hydrogen-bond donors (Lipinski definition) is 1. The second kappa shape index (κ2) is 6.27. The molecule has 0 spiro atoms. The molecule has 0 fully saturated rings. The Bertz CT molecular complexity index is 677. The van der Waals surface area contributed by atoms with Crippen molar-refractivity contribution < 1.29 is 18.4 Å². The van der Waals surface area contributed by atoms with E-state index in [1.165, 1.54) is 12.1 Å². The van der Waals surface area contributed by atoms with Crippen molar-refractivity contribution >= 4 is 5.69 Å². The molecule has 0 saturated carbocycles. The fourth-order valence-electron chi connectivity index (χ4n) is 1.87. The first-order chi connectivity index (χ1) is 10.0. The van der Waals surface area contributed by atoms with E-state index in [9.17, 15) is 18.9 Å². The summed E-state index contributed by atoms with van der Waals surface area (Å²) in [6, 6.07) is 7.26. The number of halogens is 2. The van der Waals surface area contributed by atoms with E-state index in [1.54, 1.807) is 6.07 Å². The Morgan fingerprint density at radius 3 is 2.62 bits per heavy atom. The highest BCUT2D eigenvalue weighted by Crippen LogP contribution is 2.26. The van der Waals surface area contributed by atoms with E-state index in [1.807, 2.05) is 0 Å². The van der Waals surface area contributed by atoms with E-state index in [4.69, 9.17) is 10.5 Å². The number of nitro groups is 1. The third-order valence-corrected chi connectivity index (χ3v) is 2.88. The Kier molecular flexibility index (Phi) is 4.44. The van der Waals surface area contributed by atoms with E-state index in [0.29, 0.717) is 5.56 Å². The number of nitro benzene ring substituents is 1. The first-order valence-corrected chi connectivity index (χ1v) is 6.06. The van der Waals surface area contributed by atoms with Crippen LogP contribution in [0.3, 0.4) is 0 Å². The highest BCUT2D eigenvalue weighted by Gasteiger charge is 2.16. The van der Waals surface area contributed by atoms with Gasteiger partial charge in [-0.15, -0.1) is 0 Å². The summed E-state index contributed by atoms with van der Waals surface area (Å²) in [5.41, 5.74) is 5.63. The summed E-state index contributed by atoms with van der Waals surface area (Å²) in [6.45, 7) is -0.277. The van der Waals surface area contributed by atoms with Crippen molar-refractivity contribution in [3.05, 3.63) is 69.3 Å². The Hall–Kier alpha value is -2.54. The van der Waals surface area contributed by atoms with E-state index >= 15 is 0 Å². The summed E-state index contributed by atoms with van der Waals surface area (Å²) in [5.74, 6) is -1.35. The Labute approximate surface area is 119 Å². The average Bonchev–Trinajstić information content (AvgIpc) is 2.45. The molecular weight excluding hydrogens is 282 g/mol. The molecule has 0 bridgehead atoms. The van der Waals surface area contributed by atoms with Gasteiger partial charge in [0.05, 0.1) is 10.5 Å². The molecule has 5 nitrogen and oxygen atoms in total. The predicted octanol–water partition coefficient (Wildman–Crippen LogP) is 2.91. The van der Waals surface area contributed by atoms with Crippen molar-refractivity contribution in [1.29, 1.82) is 0 Å². The predicted molar refractivity (Wildman–Crippen MR) is 71.7 cm³/mol. The SMILES string of the molecule is NCc1cccc(F)c1OCc1cc(F)ccc1[N+](=O)[O-]. The zero-order valence-corrected chi connectivity index (χ0v) is 10.9. The zero-order valence-electron chi connectivity index (χ0n) is 10.9. The van der Waals surface area contributed by atoms with Crippen LogP contribution in [0.4, 0.5) is 14.5 Å². The minimum absolute atomic E-state index is 0.0197. The quantitative estimate of drug-likeness (QED) is 0.679. The molecule has 0 aromatic heterocycles. The van der Waals surface area contributed by atoms with E-state index in [2.05, 4.69) is 0 Å². The van der Waals surface area contributed by atoms with Gasteiger partial charge in [0.1, 0.15) is 12.4 Å². The summed E-state index contributed by atoms with van der Waals surface area (Å²) in [7, 11) is 0. The maximum atomic E-state index is 13.7. The van der Waals surface area contributed by atoms with Crippen molar-refractivity contribution in [1.82, 2.24) is 0 Å². The van der Waals surface area contributed by atoms with Gasteiger partial charge in [0, 0.05) is 18.2 Å². The van der Waals surface area contributed by atoms with Crippen molar-refractivity contribution in [2.45, 2.75) is 13.2 Å². The minimum atomic E-state index is -0.649. The van der Waals surface area contributed by atoms with E-state index < -0.39 is 16.6 Å². The molecule has 0 amide bonds. The van der Waals surface area contributed by atoms with Gasteiger partial charge >= 0.3 is 0 Å². The summed E-state index contributed by atoms with van der Waals surface area (Å²) in [5, 5.41) is 10.9. The molecular formula is C14H12F2N2O3. The van der Waals surface area contributed by atoms with Crippen LogP contribution in [0, 0.1) is 21.7 Å². The van der Waals surface area contributed by atoms with E-state index in [-0.39, 0.29) is 30.2 Å². The summed E-state index contributed by atoms with van der Waals surface area (Å²) < 4.78 is 32.1. The molecule has 0 heterocycles. The lowest BCUT2D eigenvalue weighted by molar-refractivity contribution is -0.385. The van der Waals surface area contributed by atoms with Crippen LogP contribution >= 0.6 is 0 Å². The number of nitrogens with zero attached hydrogens (tertiary/aromatic N) is 1. The van der Waals surface area contributed by atoms with Crippen LogP contribution in [0.15, 0.2) is 36.4 Å². The molecule has 0 unspecified atom stereocenters. The molecule has 0 aliphatic carbocycles. The summed E-state index contributed by atoms with van der Waals surface area (Å²) in [4.78, 5) is 10.2. The third-order valence-electron chi connectivity index (χ3n) is 2.88. The molecule has 0 aliphatic rings. The molecule has 0 atom stereocenters. The first kappa shape index (κ1) is 14.9. The molecule has 0 saturated heterocycles. The number of rotatable bonds is 5. The van der Waals surface area contributed by atoms with Crippen LogP contribution in [-0.2, 0) is 13.2 Å². The molecule has 2 rings (SSSR count). The number of benzene rings is 2. The van der Waals surface area contributed by atoms with Crippen LogP contribution < -0.4 is 10.5 Å². The summed E-state index contributed by atoms with van der Waals surface area (Å²) in [6.07, 6.45) is 0. The third kappa shape index (κ3) is 3.32. The van der Waals surface area contributed by atoms with Gasteiger partial charge in [-0.1, -0.05) is 12.1 Å². The smallest absolute Gasteiger partial charge is 0.276 e. The van der Waals surface area contributed by atoms with Crippen LogP contribution in [0.5, 0.6) is 5.75 Å². The Balaban J connectivity index is 2.28. The maximum absolute atomic E-state index is 13.7. The average molecular weight is 294 g/mol. The lowest BCUT2D eigenvalue weighted by Crippen LogP contribution is -2.06. The monoisotopic (exact) mass is 294 g/mol. The minimum Gasteiger partial charge on any atom is -0.485 e. The lowest BCUT2D eigenvalue weighted by Gasteiger charge is -2.11. The molecule has 21 heavy (non-hydrogen) atoms. The number of hydrogen-bond acceptors (Lipinski definition) is 4. The summed E-state index contributed by atoms with van der Waals surface area (Å²) >= 11 is 0. The van der Waals surface area contributed by atoms with Crippen LogP contribution in [0.1, 0.15) is 11.1 Å². The molecule has 0 radical (unpaired) electrons. The molecule has 0 aliphatic heterocycles. The Morgan fingerprint density at radius 1 is 1.19 bits per heavy atom. The molecule has 2 aromatic rings. The first-order valence-electron chi connectivity index (χ1n) is 6.06. The topological polar surface area (TPSA) is 78.4 Å². The Morgan fingerprint density at radius 2 is 1.95 bits per heavy atom. The van der Waals surface area contributed by atoms with Crippen LogP contribution in [0.25, 0.3) is 0 Å². The van der Waals surface area contributed by atoms with Gasteiger partial charge in [0.15, 0.2) is 11.6 Å². The van der Waals surface area contributed by atoms with Crippen molar-refractivity contribution in [2.24, 2.45) is 5.73 Å². The van der Waals surface area contributed by atoms with Gasteiger partial charge in [-0.05, 0) is 18.2 Å². The molecule has 110 valence electrons. The highest BCUT2D eigenvalue weighted by atomic mass is 19.1. The van der Waals surface area contributed by atoms with Crippen molar-refractivity contribution in [2.75, 3.05) is 0 Å². The number of nitrogens with two attached hydrogens (primary N) is 1. The largest absolute Gasteiger partial charge is 0.485 e. The normalized spacial score (nSPS) is 10.4. The maximum Gasteiger partial charge on any atom is 0.276 e.